The van der Waals surface area contributed by atoms with Gasteiger partial charge in [-0.05, 0) is 12.8 Å². The standard InChI is InChI=1S/2C12H21Si.2CH3.2ClH.H2Si.Ti/c2*1-5-6-7-11-8-9-12(10-11)13(2,3)4;;;;;;/h2*10H,5-8H2,1-4H3;2*1H3;2*1H;1H2;/q4*-1;;;;. The third kappa shape index (κ3) is 18.3. The molecule has 0 N–H and O–H groups in total. The van der Waals surface area contributed by atoms with E-state index in [1.807, 2.05) is 26.8 Å². The first-order chi connectivity index (χ1) is 13.1. The fourth-order valence-electron chi connectivity index (χ4n) is 3.12. The number of unbranched alkanes of at least 4 members (excludes halogenated alkanes) is 2. The van der Waals surface area contributed by atoms with E-state index < -0.39 is 16.1 Å². The van der Waals surface area contributed by atoms with Gasteiger partial charge >= 0.3 is 26.8 Å². The summed E-state index contributed by atoms with van der Waals surface area (Å²) in [5.41, 5.74) is 3.22. The van der Waals surface area contributed by atoms with Crippen LogP contribution in [0.5, 0.6) is 0 Å². The third-order valence-electron chi connectivity index (χ3n) is 5.03. The second-order valence-corrected chi connectivity index (χ2v) is 19.9. The van der Waals surface area contributed by atoms with Crippen LogP contribution in [-0.2, 0) is 19.2 Å². The summed E-state index contributed by atoms with van der Waals surface area (Å²) in [6.07, 6.45) is 22.0. The molecule has 0 nitrogen and oxygen atoms in total. The van der Waals surface area contributed by atoms with E-state index in [2.05, 4.69) is 77.4 Å². The number of allylic oxidation sites excluding steroid dienone is 8. The van der Waals surface area contributed by atoms with Crippen molar-refractivity contribution in [1.29, 1.82) is 0 Å². The number of halogens is 2. The van der Waals surface area contributed by atoms with Crippen LogP contribution >= 0.6 is 24.8 Å². The van der Waals surface area contributed by atoms with Crippen LogP contribution in [0.2, 0.25) is 39.3 Å². The van der Waals surface area contributed by atoms with E-state index in [0.717, 1.165) is 12.8 Å². The second kappa shape index (κ2) is 22.4. The maximum absolute atomic E-state index is 3.54. The predicted molar refractivity (Wildman–Crippen MR) is 161 cm³/mol. The third-order valence-corrected chi connectivity index (χ3v) is 8.90. The summed E-state index contributed by atoms with van der Waals surface area (Å²) in [6.45, 7) is 18.9. The molecule has 32 heavy (non-hydrogen) atoms. The minimum atomic E-state index is -1.08. The fraction of sp³-hybridized carbons (Fsp3) is 0.615. The van der Waals surface area contributed by atoms with Crippen LogP contribution < -0.4 is 0 Å². The molecular weight excluding hydrogens is 515 g/mol. The van der Waals surface area contributed by atoms with Crippen molar-refractivity contribution in [3.63, 3.8) is 0 Å². The van der Waals surface area contributed by atoms with Crippen molar-refractivity contribution in [3.8, 4) is 0 Å². The molecule has 0 amide bonds. The molecule has 0 aromatic rings. The van der Waals surface area contributed by atoms with Crippen molar-refractivity contribution in [1.82, 2.24) is 0 Å². The van der Waals surface area contributed by atoms with E-state index in [-0.39, 0.29) is 39.7 Å². The first-order valence-corrected chi connectivity index (χ1v) is 22.1. The first kappa shape index (κ1) is 43.0. The average Bonchev–Trinajstić information content (AvgIpc) is 3.29. The SMILES string of the molecule is CCCCC1=CC([Si](C)(C)C)=[C-]C1.CCCCC1=CC([Si](C)(C)C)=[C-]C1.Cl.Cl.[CH3-].[CH3-].[SiH2]=[Ti]. The molecule has 0 bridgehead atoms. The molecule has 0 atom stereocenters. The van der Waals surface area contributed by atoms with E-state index in [9.17, 15) is 0 Å². The number of rotatable bonds is 8. The zero-order valence-corrected chi connectivity index (χ0v) is 29.4. The molecule has 0 unspecified atom stereocenters. The first-order valence-electron chi connectivity index (χ1n) is 11.0. The van der Waals surface area contributed by atoms with Crippen LogP contribution in [0, 0.1) is 27.0 Å². The molecule has 2 rings (SSSR count). The molecule has 0 aromatic heterocycles. The Balaban J connectivity index is -0.000000126. The summed E-state index contributed by atoms with van der Waals surface area (Å²) >= 11 is 2.03. The summed E-state index contributed by atoms with van der Waals surface area (Å²) in [5, 5.41) is 3.08. The predicted octanol–water partition coefficient (Wildman–Crippen LogP) is 9.05. The minimum absolute atomic E-state index is 0. The van der Waals surface area contributed by atoms with Crippen molar-refractivity contribution in [2.24, 2.45) is 0 Å². The van der Waals surface area contributed by atoms with Crippen molar-refractivity contribution in [3.05, 3.63) is 60.7 Å². The monoisotopic (exact) mass is 566 g/mol. The summed E-state index contributed by atoms with van der Waals surface area (Å²) in [7, 11) is -0.291. The quantitative estimate of drug-likeness (QED) is 0.203. The Kier molecular flexibility index (Phi) is 30.1. The van der Waals surface area contributed by atoms with E-state index in [1.165, 1.54) is 38.5 Å². The van der Waals surface area contributed by atoms with E-state index >= 15 is 0 Å². The molecule has 2 aliphatic carbocycles. The molecule has 0 fully saturated rings. The van der Waals surface area contributed by atoms with Crippen LogP contribution in [0.4, 0.5) is 0 Å². The van der Waals surface area contributed by atoms with Crippen molar-refractivity contribution >= 4 is 48.6 Å². The van der Waals surface area contributed by atoms with Crippen molar-refractivity contribution < 1.29 is 19.2 Å². The van der Waals surface area contributed by atoms with Gasteiger partial charge in [0.1, 0.15) is 0 Å². The van der Waals surface area contributed by atoms with Gasteiger partial charge in [-0.2, -0.15) is 11.1 Å². The molecule has 0 aromatic carbocycles. The Morgan fingerprint density at radius 1 is 0.719 bits per heavy atom. The summed E-state index contributed by atoms with van der Waals surface area (Å²) in [6, 6.07) is 0. The van der Waals surface area contributed by atoms with E-state index in [0.29, 0.717) is 0 Å². The zero-order valence-electron chi connectivity index (χ0n) is 22.8. The van der Waals surface area contributed by atoms with Crippen molar-refractivity contribution in [2.45, 2.75) is 104 Å². The van der Waals surface area contributed by atoms with Crippen LogP contribution in [0.15, 0.2) is 33.7 Å². The van der Waals surface area contributed by atoms with Crippen LogP contribution in [0.25, 0.3) is 0 Å². The Morgan fingerprint density at radius 3 is 1.19 bits per heavy atom. The molecular formula is C26H52Cl2Si3Ti-4. The van der Waals surface area contributed by atoms with Crippen LogP contribution in [-0.4, -0.2) is 23.8 Å². The average molecular weight is 568 g/mol. The van der Waals surface area contributed by atoms with Crippen molar-refractivity contribution in [2.75, 3.05) is 0 Å². The Bertz CT molecular complexity index is 543. The normalized spacial score (nSPS) is 14.1. The summed E-state index contributed by atoms with van der Waals surface area (Å²) < 4.78 is 0. The van der Waals surface area contributed by atoms with Gasteiger partial charge in [0, 0.05) is 16.1 Å². The molecule has 0 saturated carbocycles. The Labute approximate surface area is 231 Å². The van der Waals surface area contributed by atoms with Gasteiger partial charge in [-0.15, -0.1) is 37.7 Å². The van der Waals surface area contributed by atoms with E-state index in [1.54, 1.807) is 21.5 Å². The molecule has 6 heteroatoms. The number of hydrogen-bond acceptors (Lipinski definition) is 0. The molecule has 2 aliphatic rings. The topological polar surface area (TPSA) is 0 Å². The molecule has 0 aliphatic heterocycles. The summed E-state index contributed by atoms with van der Waals surface area (Å²) in [4.78, 5) is 0. The van der Waals surface area contributed by atoms with Gasteiger partial charge < -0.3 is 14.9 Å². The Morgan fingerprint density at radius 2 is 1.00 bits per heavy atom. The summed E-state index contributed by atoms with van der Waals surface area (Å²) in [5.74, 6) is 0. The van der Waals surface area contributed by atoms with Gasteiger partial charge in [0.25, 0.3) is 0 Å². The van der Waals surface area contributed by atoms with Gasteiger partial charge in [-0.1, -0.05) is 78.8 Å². The van der Waals surface area contributed by atoms with Gasteiger partial charge in [-0.3, -0.25) is 12.2 Å². The maximum atomic E-state index is 3.54. The Hall–Kier alpha value is 0.905. The van der Waals surface area contributed by atoms with Crippen LogP contribution in [0.3, 0.4) is 0 Å². The molecule has 0 radical (unpaired) electrons. The molecule has 0 heterocycles. The van der Waals surface area contributed by atoms with Gasteiger partial charge in [0.05, 0.1) is 0 Å². The second-order valence-electron chi connectivity index (χ2n) is 9.85. The van der Waals surface area contributed by atoms with Gasteiger partial charge in [0.2, 0.25) is 0 Å². The fourth-order valence-corrected chi connectivity index (χ4v) is 5.63. The van der Waals surface area contributed by atoms with E-state index in [4.69, 9.17) is 0 Å². The molecule has 0 spiro atoms. The van der Waals surface area contributed by atoms with Gasteiger partial charge in [0.15, 0.2) is 0 Å². The number of hydrogen-bond donors (Lipinski definition) is 0. The van der Waals surface area contributed by atoms with Gasteiger partial charge in [-0.25, -0.2) is 22.5 Å². The zero-order chi connectivity index (χ0) is 21.8. The molecule has 190 valence electrons. The van der Waals surface area contributed by atoms with Crippen LogP contribution in [0.1, 0.15) is 65.2 Å². The molecule has 0 saturated heterocycles.